The van der Waals surface area contributed by atoms with Crippen molar-refractivity contribution in [2.45, 2.75) is 44.9 Å². The van der Waals surface area contributed by atoms with Crippen molar-refractivity contribution in [3.8, 4) is 0 Å². The Morgan fingerprint density at radius 1 is 1.42 bits per heavy atom. The van der Waals surface area contributed by atoms with Crippen molar-refractivity contribution in [1.29, 1.82) is 0 Å². The van der Waals surface area contributed by atoms with Crippen LogP contribution in [0.15, 0.2) is 5.38 Å². The van der Waals surface area contributed by atoms with E-state index in [4.69, 9.17) is 4.98 Å². The second kappa shape index (κ2) is 5.87. The summed E-state index contributed by atoms with van der Waals surface area (Å²) >= 11 is 1.80. The molecule has 1 aliphatic carbocycles. The topological polar surface area (TPSA) is 31.4 Å². The van der Waals surface area contributed by atoms with Crippen LogP contribution in [0, 0.1) is 0 Å². The highest BCUT2D eigenvalue weighted by atomic mass is 32.1. The van der Waals surface area contributed by atoms with Crippen molar-refractivity contribution < 1.29 is 0 Å². The Morgan fingerprint density at radius 2 is 2.26 bits per heavy atom. The molecule has 19 heavy (non-hydrogen) atoms. The molecule has 4 nitrogen and oxygen atoms in total. The van der Waals surface area contributed by atoms with Crippen LogP contribution in [0.5, 0.6) is 0 Å². The predicted octanol–water partition coefficient (Wildman–Crippen LogP) is 1.53. The molecule has 1 unspecified atom stereocenters. The van der Waals surface area contributed by atoms with E-state index in [1.165, 1.54) is 36.6 Å². The maximum absolute atomic E-state index is 4.76. The van der Waals surface area contributed by atoms with Gasteiger partial charge in [-0.1, -0.05) is 0 Å². The van der Waals surface area contributed by atoms with E-state index in [1.807, 2.05) is 0 Å². The van der Waals surface area contributed by atoms with Crippen molar-refractivity contribution in [3.05, 3.63) is 16.1 Å². The van der Waals surface area contributed by atoms with Crippen LogP contribution < -0.4 is 5.32 Å². The third kappa shape index (κ3) is 3.75. The quantitative estimate of drug-likeness (QED) is 0.886. The summed E-state index contributed by atoms with van der Waals surface area (Å²) < 4.78 is 0. The van der Waals surface area contributed by atoms with Gasteiger partial charge in [-0.25, -0.2) is 4.98 Å². The van der Waals surface area contributed by atoms with Crippen molar-refractivity contribution in [3.63, 3.8) is 0 Å². The zero-order valence-corrected chi connectivity index (χ0v) is 12.7. The summed E-state index contributed by atoms with van der Waals surface area (Å²) in [7, 11) is 2.21. The molecular weight excluding hydrogens is 256 g/mol. The number of hydrogen-bond donors (Lipinski definition) is 1. The molecular formula is C14H24N4S. The Hall–Kier alpha value is -0.490. The van der Waals surface area contributed by atoms with E-state index in [1.54, 1.807) is 11.3 Å². The van der Waals surface area contributed by atoms with Crippen LogP contribution in [0.4, 0.5) is 0 Å². The Labute approximate surface area is 119 Å². The molecule has 0 bridgehead atoms. The van der Waals surface area contributed by atoms with Crippen LogP contribution >= 0.6 is 11.3 Å². The SMILES string of the molecule is CC1CN(C)CCN1Cc1csc(CNC2CC2)n1. The fourth-order valence-corrected chi connectivity index (χ4v) is 3.38. The van der Waals surface area contributed by atoms with Crippen molar-refractivity contribution in [2.24, 2.45) is 0 Å². The minimum atomic E-state index is 0.633. The molecule has 2 heterocycles. The van der Waals surface area contributed by atoms with E-state index >= 15 is 0 Å². The molecule has 3 rings (SSSR count). The summed E-state index contributed by atoms with van der Waals surface area (Å²) in [5, 5.41) is 7.00. The Morgan fingerprint density at radius 3 is 3.00 bits per heavy atom. The molecule has 1 atom stereocenters. The molecule has 0 amide bonds. The molecule has 0 aromatic carbocycles. The minimum Gasteiger partial charge on any atom is -0.308 e. The third-order valence-electron chi connectivity index (χ3n) is 4.05. The lowest BCUT2D eigenvalue weighted by atomic mass is 10.2. The molecule has 5 heteroatoms. The average molecular weight is 280 g/mol. The van der Waals surface area contributed by atoms with Gasteiger partial charge in [-0.3, -0.25) is 4.90 Å². The first-order valence-corrected chi connectivity index (χ1v) is 8.18. The lowest BCUT2D eigenvalue weighted by molar-refractivity contribution is 0.0928. The van der Waals surface area contributed by atoms with E-state index in [0.717, 1.165) is 25.7 Å². The van der Waals surface area contributed by atoms with Crippen molar-refractivity contribution >= 4 is 11.3 Å². The fourth-order valence-electron chi connectivity index (χ4n) is 2.64. The van der Waals surface area contributed by atoms with Gasteiger partial charge < -0.3 is 10.2 Å². The second-order valence-corrected chi connectivity index (χ2v) is 6.91. The number of thiazole rings is 1. The van der Waals surface area contributed by atoms with E-state index in [2.05, 4.69) is 34.5 Å². The molecule has 2 aliphatic rings. The van der Waals surface area contributed by atoms with Gasteiger partial charge in [0.2, 0.25) is 0 Å². The Balaban J connectivity index is 1.51. The van der Waals surface area contributed by atoms with Crippen LogP contribution in [0.25, 0.3) is 0 Å². The fraction of sp³-hybridized carbons (Fsp3) is 0.786. The van der Waals surface area contributed by atoms with E-state index in [-0.39, 0.29) is 0 Å². The summed E-state index contributed by atoms with van der Waals surface area (Å²) in [6.07, 6.45) is 2.69. The molecule has 1 N–H and O–H groups in total. The molecule has 1 saturated heterocycles. The summed E-state index contributed by atoms with van der Waals surface area (Å²) in [6, 6.07) is 1.40. The number of rotatable bonds is 5. The van der Waals surface area contributed by atoms with Crippen molar-refractivity contribution in [1.82, 2.24) is 20.1 Å². The molecule has 0 spiro atoms. The van der Waals surface area contributed by atoms with Gasteiger partial charge in [0, 0.05) is 50.2 Å². The highest BCUT2D eigenvalue weighted by Crippen LogP contribution is 2.20. The first-order chi connectivity index (χ1) is 9.20. The molecule has 1 aromatic heterocycles. The summed E-state index contributed by atoms with van der Waals surface area (Å²) in [6.45, 7) is 7.77. The number of aromatic nitrogens is 1. The van der Waals surface area contributed by atoms with Gasteiger partial charge in [-0.2, -0.15) is 0 Å². The average Bonchev–Trinajstić information content (AvgIpc) is 3.10. The van der Waals surface area contributed by atoms with Gasteiger partial charge in [0.15, 0.2) is 0 Å². The highest BCUT2D eigenvalue weighted by Gasteiger charge is 2.23. The first kappa shape index (κ1) is 13.5. The maximum Gasteiger partial charge on any atom is 0.107 e. The lowest BCUT2D eigenvalue weighted by Gasteiger charge is -2.37. The first-order valence-electron chi connectivity index (χ1n) is 7.30. The normalized spacial score (nSPS) is 25.9. The van der Waals surface area contributed by atoms with Gasteiger partial charge in [0.1, 0.15) is 5.01 Å². The third-order valence-corrected chi connectivity index (χ3v) is 4.95. The van der Waals surface area contributed by atoms with Crippen LogP contribution in [0.1, 0.15) is 30.5 Å². The Kier molecular flexibility index (Phi) is 4.17. The minimum absolute atomic E-state index is 0.633. The van der Waals surface area contributed by atoms with Crippen LogP contribution in [0.2, 0.25) is 0 Å². The lowest BCUT2D eigenvalue weighted by Crippen LogP contribution is -2.49. The maximum atomic E-state index is 4.76. The van der Waals surface area contributed by atoms with Gasteiger partial charge in [0.05, 0.1) is 5.69 Å². The van der Waals surface area contributed by atoms with Gasteiger partial charge >= 0.3 is 0 Å². The Bertz CT molecular complexity index is 415. The van der Waals surface area contributed by atoms with E-state index in [0.29, 0.717) is 6.04 Å². The zero-order valence-electron chi connectivity index (χ0n) is 11.9. The number of likely N-dealkylation sites (N-methyl/N-ethyl adjacent to an activating group) is 1. The van der Waals surface area contributed by atoms with E-state index in [9.17, 15) is 0 Å². The van der Waals surface area contributed by atoms with Gasteiger partial charge in [0.25, 0.3) is 0 Å². The van der Waals surface area contributed by atoms with E-state index < -0.39 is 0 Å². The number of hydrogen-bond acceptors (Lipinski definition) is 5. The monoisotopic (exact) mass is 280 g/mol. The number of nitrogens with zero attached hydrogens (tertiary/aromatic N) is 3. The van der Waals surface area contributed by atoms with Gasteiger partial charge in [-0.05, 0) is 26.8 Å². The molecule has 1 aliphatic heterocycles. The van der Waals surface area contributed by atoms with Crippen molar-refractivity contribution in [2.75, 3.05) is 26.7 Å². The van der Waals surface area contributed by atoms with Crippen LogP contribution in [-0.2, 0) is 13.1 Å². The van der Waals surface area contributed by atoms with Crippen LogP contribution in [-0.4, -0.2) is 53.5 Å². The van der Waals surface area contributed by atoms with Crippen LogP contribution in [0.3, 0.4) is 0 Å². The predicted molar refractivity (Wildman–Crippen MR) is 79.3 cm³/mol. The summed E-state index contributed by atoms with van der Waals surface area (Å²) in [5.41, 5.74) is 1.24. The van der Waals surface area contributed by atoms with Gasteiger partial charge in [-0.15, -0.1) is 11.3 Å². The molecule has 106 valence electrons. The molecule has 1 aromatic rings. The number of nitrogens with one attached hydrogen (secondary N) is 1. The largest absolute Gasteiger partial charge is 0.308 e. The smallest absolute Gasteiger partial charge is 0.107 e. The summed E-state index contributed by atoms with van der Waals surface area (Å²) in [5.74, 6) is 0. The zero-order chi connectivity index (χ0) is 13.2. The molecule has 0 radical (unpaired) electrons. The standard InChI is InChI=1S/C14H24N4S/c1-11-8-17(2)5-6-18(11)9-13-10-19-14(16-13)7-15-12-3-4-12/h10-12,15H,3-9H2,1-2H3. The highest BCUT2D eigenvalue weighted by molar-refractivity contribution is 7.09. The number of piperazine rings is 1. The second-order valence-electron chi connectivity index (χ2n) is 5.97. The molecule has 2 fully saturated rings. The molecule has 1 saturated carbocycles. The summed E-state index contributed by atoms with van der Waals surface area (Å²) in [4.78, 5) is 9.72.